The van der Waals surface area contributed by atoms with Crippen molar-refractivity contribution < 1.29 is 19.1 Å². The summed E-state index contributed by atoms with van der Waals surface area (Å²) in [5.41, 5.74) is 0. The molecule has 0 N–H and O–H groups in total. The molecule has 0 radical (unpaired) electrons. The number of morpholine rings is 1. The number of hydrogen-bond donors (Lipinski definition) is 0. The molecule has 0 spiro atoms. The monoisotopic (exact) mass is 455 g/mol. The average Bonchev–Trinajstić information content (AvgIpc) is 2.78. The SMILES string of the molecule is CCCCCCCCCCCCCCCCC=CCC[N+]1(C(C)O[N+](=O)[O-])CCOCC1. The molecule has 0 aromatic carbocycles. The lowest BCUT2D eigenvalue weighted by atomic mass is 10.0. The maximum absolute atomic E-state index is 10.8. The van der Waals surface area contributed by atoms with Gasteiger partial charge in [-0.1, -0.05) is 103 Å². The molecule has 1 aliphatic rings. The standard InChI is InChI=1S/C26H51N2O4/c1-3-4-5-6-7-8-9-10-11-12-13-14-15-16-17-18-19-20-21-28(22-24-31-25-23-28)26(2)32-27(29)30/h18-19,26H,3-17,20-25H2,1-2H3/q+1. The summed E-state index contributed by atoms with van der Waals surface area (Å²) in [5, 5.41) is 10.1. The van der Waals surface area contributed by atoms with Crippen molar-refractivity contribution in [1.82, 2.24) is 0 Å². The first-order chi connectivity index (χ1) is 15.6. The molecule has 0 aliphatic carbocycles. The fraction of sp³-hybridized carbons (Fsp3) is 0.923. The third-order valence-electron chi connectivity index (χ3n) is 7.00. The summed E-state index contributed by atoms with van der Waals surface area (Å²) in [6.07, 6.45) is 25.7. The van der Waals surface area contributed by atoms with Crippen LogP contribution in [0.15, 0.2) is 12.2 Å². The van der Waals surface area contributed by atoms with E-state index in [1.54, 1.807) is 0 Å². The summed E-state index contributed by atoms with van der Waals surface area (Å²) in [7, 11) is 0. The van der Waals surface area contributed by atoms with Crippen LogP contribution in [0.2, 0.25) is 0 Å². The van der Waals surface area contributed by atoms with E-state index in [0.717, 1.165) is 32.5 Å². The van der Waals surface area contributed by atoms with E-state index in [0.29, 0.717) is 17.7 Å². The van der Waals surface area contributed by atoms with Gasteiger partial charge in [-0.3, -0.25) is 9.32 Å². The lowest BCUT2D eigenvalue weighted by Crippen LogP contribution is -2.61. The third-order valence-corrected chi connectivity index (χ3v) is 7.00. The molecule has 1 atom stereocenters. The fourth-order valence-electron chi connectivity index (χ4n) is 4.72. The van der Waals surface area contributed by atoms with Crippen molar-refractivity contribution in [2.24, 2.45) is 0 Å². The van der Waals surface area contributed by atoms with Gasteiger partial charge in [0.15, 0.2) is 0 Å². The van der Waals surface area contributed by atoms with Crippen LogP contribution in [-0.4, -0.2) is 48.6 Å². The minimum absolute atomic E-state index is 0.437. The number of unbranched alkanes of at least 4 members (excludes halogenated alkanes) is 14. The summed E-state index contributed by atoms with van der Waals surface area (Å²) in [6.45, 7) is 7.81. The maximum atomic E-state index is 10.8. The Bertz CT molecular complexity index is 478. The zero-order valence-electron chi connectivity index (χ0n) is 21.1. The highest BCUT2D eigenvalue weighted by Crippen LogP contribution is 2.20. The molecule has 1 rings (SSSR count). The molecule has 1 saturated heterocycles. The van der Waals surface area contributed by atoms with E-state index in [4.69, 9.17) is 9.57 Å². The number of allylic oxidation sites excluding steroid dienone is 1. The lowest BCUT2D eigenvalue weighted by molar-refractivity contribution is -1.01. The van der Waals surface area contributed by atoms with E-state index < -0.39 is 11.3 Å². The van der Waals surface area contributed by atoms with Gasteiger partial charge >= 0.3 is 0 Å². The second kappa shape index (κ2) is 19.3. The van der Waals surface area contributed by atoms with Gasteiger partial charge in [0.1, 0.15) is 13.1 Å². The molecule has 0 bridgehead atoms. The molecule has 0 aromatic heterocycles. The van der Waals surface area contributed by atoms with Gasteiger partial charge in [-0.15, -0.1) is 10.1 Å². The molecule has 0 amide bonds. The topological polar surface area (TPSA) is 61.6 Å². The van der Waals surface area contributed by atoms with Gasteiger partial charge in [-0.25, -0.2) is 0 Å². The van der Waals surface area contributed by atoms with Gasteiger partial charge < -0.3 is 4.74 Å². The molecule has 0 saturated carbocycles. The minimum Gasteiger partial charge on any atom is -0.370 e. The molecule has 1 heterocycles. The van der Waals surface area contributed by atoms with Crippen LogP contribution in [0, 0.1) is 10.1 Å². The van der Waals surface area contributed by atoms with Crippen LogP contribution in [0.25, 0.3) is 0 Å². The lowest BCUT2D eigenvalue weighted by Gasteiger charge is -2.44. The Kier molecular flexibility index (Phi) is 17.5. The van der Waals surface area contributed by atoms with Crippen molar-refractivity contribution in [2.45, 2.75) is 123 Å². The largest absolute Gasteiger partial charge is 0.370 e. The Morgan fingerprint density at radius 3 is 1.81 bits per heavy atom. The Morgan fingerprint density at radius 2 is 1.31 bits per heavy atom. The normalized spacial score (nSPS) is 16.9. The Balaban J connectivity index is 1.97. The highest BCUT2D eigenvalue weighted by molar-refractivity contribution is 4.81. The van der Waals surface area contributed by atoms with Crippen molar-refractivity contribution in [3.8, 4) is 0 Å². The van der Waals surface area contributed by atoms with Crippen LogP contribution in [0.3, 0.4) is 0 Å². The molecule has 32 heavy (non-hydrogen) atoms. The first kappa shape index (κ1) is 28.9. The molecule has 1 aliphatic heterocycles. The van der Waals surface area contributed by atoms with E-state index in [9.17, 15) is 10.1 Å². The minimum atomic E-state index is -0.661. The van der Waals surface area contributed by atoms with Crippen molar-refractivity contribution in [1.29, 1.82) is 0 Å². The molecule has 6 nitrogen and oxygen atoms in total. The quantitative estimate of drug-likeness (QED) is 0.0603. The summed E-state index contributed by atoms with van der Waals surface area (Å²) in [5.74, 6) is 0. The van der Waals surface area contributed by atoms with Crippen molar-refractivity contribution in [3.05, 3.63) is 22.3 Å². The van der Waals surface area contributed by atoms with Gasteiger partial charge in [-0.2, -0.15) is 0 Å². The van der Waals surface area contributed by atoms with Gasteiger partial charge in [-0.05, 0) is 12.8 Å². The highest BCUT2D eigenvalue weighted by atomic mass is 17.0. The van der Waals surface area contributed by atoms with Crippen molar-refractivity contribution in [3.63, 3.8) is 0 Å². The van der Waals surface area contributed by atoms with Crippen LogP contribution in [0.1, 0.15) is 117 Å². The smallest absolute Gasteiger partial charge is 0.300 e. The summed E-state index contributed by atoms with van der Waals surface area (Å²) in [4.78, 5) is 15.7. The van der Waals surface area contributed by atoms with Crippen LogP contribution < -0.4 is 0 Å². The van der Waals surface area contributed by atoms with E-state index >= 15 is 0 Å². The number of nitrogens with zero attached hydrogens (tertiary/aromatic N) is 2. The summed E-state index contributed by atoms with van der Waals surface area (Å²) < 4.78 is 6.08. The number of rotatable bonds is 21. The third kappa shape index (κ3) is 14.1. The number of hydrogen-bond acceptors (Lipinski definition) is 4. The molecule has 0 aromatic rings. The van der Waals surface area contributed by atoms with Gasteiger partial charge in [0.05, 0.1) is 19.8 Å². The predicted molar refractivity (Wildman–Crippen MR) is 132 cm³/mol. The molecule has 1 fully saturated rings. The number of quaternary nitrogens is 1. The molecule has 188 valence electrons. The van der Waals surface area contributed by atoms with Crippen molar-refractivity contribution >= 4 is 0 Å². The van der Waals surface area contributed by atoms with Crippen LogP contribution >= 0.6 is 0 Å². The van der Waals surface area contributed by atoms with E-state index in [2.05, 4.69) is 19.1 Å². The summed E-state index contributed by atoms with van der Waals surface area (Å²) in [6, 6.07) is 0. The maximum Gasteiger partial charge on any atom is 0.300 e. The Morgan fingerprint density at radius 1 is 0.844 bits per heavy atom. The highest BCUT2D eigenvalue weighted by Gasteiger charge is 2.37. The first-order valence-corrected chi connectivity index (χ1v) is 13.5. The molecular formula is C26H51N2O4+. The van der Waals surface area contributed by atoms with Gasteiger partial charge in [0.2, 0.25) is 6.23 Å². The van der Waals surface area contributed by atoms with E-state index in [1.807, 2.05) is 6.92 Å². The van der Waals surface area contributed by atoms with Crippen LogP contribution in [-0.2, 0) is 9.57 Å². The summed E-state index contributed by atoms with van der Waals surface area (Å²) >= 11 is 0. The molecular weight excluding hydrogens is 404 g/mol. The van der Waals surface area contributed by atoms with Crippen molar-refractivity contribution in [2.75, 3.05) is 32.8 Å². The van der Waals surface area contributed by atoms with E-state index in [1.165, 1.54) is 89.9 Å². The second-order valence-electron chi connectivity index (χ2n) is 9.58. The molecule has 1 unspecified atom stereocenters. The zero-order chi connectivity index (χ0) is 23.3. The second-order valence-corrected chi connectivity index (χ2v) is 9.58. The van der Waals surface area contributed by atoms with E-state index in [-0.39, 0.29) is 0 Å². The van der Waals surface area contributed by atoms with Crippen LogP contribution in [0.4, 0.5) is 0 Å². The zero-order valence-corrected chi connectivity index (χ0v) is 21.1. The Labute approximate surface area is 197 Å². The van der Waals surface area contributed by atoms with Gasteiger partial charge in [0, 0.05) is 13.3 Å². The predicted octanol–water partition coefficient (Wildman–Crippen LogP) is 7.21. The Hall–Kier alpha value is -1.14. The van der Waals surface area contributed by atoms with Crippen LogP contribution in [0.5, 0.6) is 0 Å². The fourth-order valence-corrected chi connectivity index (χ4v) is 4.72. The first-order valence-electron chi connectivity index (χ1n) is 13.5. The molecule has 6 heteroatoms. The van der Waals surface area contributed by atoms with Gasteiger partial charge in [0.25, 0.3) is 5.09 Å². The number of ether oxygens (including phenoxy) is 1. The average molecular weight is 456 g/mol.